The molecule has 1 saturated carbocycles. The molecule has 0 atom stereocenters. The predicted molar refractivity (Wildman–Crippen MR) is 85.0 cm³/mol. The number of nitrogens with zero attached hydrogens (tertiary/aromatic N) is 2. The van der Waals surface area contributed by atoms with Crippen molar-refractivity contribution in [3.05, 3.63) is 30.3 Å². The van der Waals surface area contributed by atoms with Gasteiger partial charge in [-0.2, -0.15) is 4.31 Å². The number of para-hydroxylation sites is 1. The lowest BCUT2D eigenvalue weighted by atomic mass is 10.2. The summed E-state index contributed by atoms with van der Waals surface area (Å²) in [4.78, 5) is 2.24. The van der Waals surface area contributed by atoms with E-state index in [2.05, 4.69) is 22.3 Å². The van der Waals surface area contributed by atoms with Crippen LogP contribution in [0.25, 0.3) is 0 Å². The molecular weight excluding hydrogens is 286 g/mol. The molecule has 2 aliphatic rings. The molecule has 21 heavy (non-hydrogen) atoms. The van der Waals surface area contributed by atoms with E-state index >= 15 is 0 Å². The zero-order valence-corrected chi connectivity index (χ0v) is 13.1. The fourth-order valence-corrected chi connectivity index (χ4v) is 4.03. The van der Waals surface area contributed by atoms with Crippen molar-refractivity contribution in [1.29, 1.82) is 0 Å². The van der Waals surface area contributed by atoms with Crippen LogP contribution in [-0.4, -0.2) is 57.2 Å². The first-order valence-corrected chi connectivity index (χ1v) is 9.27. The Labute approximate surface area is 127 Å². The molecule has 1 heterocycles. The molecule has 0 radical (unpaired) electrons. The van der Waals surface area contributed by atoms with E-state index in [1.807, 2.05) is 18.2 Å². The van der Waals surface area contributed by atoms with Gasteiger partial charge in [0.15, 0.2) is 0 Å². The third-order valence-corrected chi connectivity index (χ3v) is 6.00. The molecule has 1 aromatic carbocycles. The van der Waals surface area contributed by atoms with Crippen LogP contribution in [0.4, 0.5) is 5.69 Å². The van der Waals surface area contributed by atoms with Crippen molar-refractivity contribution in [1.82, 2.24) is 9.62 Å². The largest absolute Gasteiger partial charge is 0.369 e. The van der Waals surface area contributed by atoms with Gasteiger partial charge in [0.1, 0.15) is 0 Å². The van der Waals surface area contributed by atoms with Gasteiger partial charge in [-0.25, -0.2) is 8.42 Å². The Morgan fingerprint density at radius 3 is 2.33 bits per heavy atom. The average molecular weight is 309 g/mol. The summed E-state index contributed by atoms with van der Waals surface area (Å²) < 4.78 is 26.2. The van der Waals surface area contributed by atoms with Crippen LogP contribution in [0.2, 0.25) is 0 Å². The van der Waals surface area contributed by atoms with Crippen LogP contribution in [0.5, 0.6) is 0 Å². The predicted octanol–water partition coefficient (Wildman–Crippen LogP) is 0.890. The highest BCUT2D eigenvalue weighted by molar-refractivity contribution is 7.89. The molecule has 5 nitrogen and oxygen atoms in total. The highest BCUT2D eigenvalue weighted by atomic mass is 32.2. The minimum Gasteiger partial charge on any atom is -0.369 e. The lowest BCUT2D eigenvalue weighted by molar-refractivity contribution is 0.384. The van der Waals surface area contributed by atoms with Crippen LogP contribution >= 0.6 is 0 Å². The van der Waals surface area contributed by atoms with Crippen molar-refractivity contribution in [2.24, 2.45) is 0 Å². The average Bonchev–Trinajstić information content (AvgIpc) is 3.32. The summed E-state index contributed by atoms with van der Waals surface area (Å²) in [6.45, 7) is 3.27. The minimum atomic E-state index is -3.11. The third-order valence-electron chi connectivity index (χ3n) is 4.12. The first kappa shape index (κ1) is 14.8. The lowest BCUT2D eigenvalue weighted by Gasteiger charge is -2.35. The van der Waals surface area contributed by atoms with E-state index in [9.17, 15) is 8.42 Å². The first-order chi connectivity index (χ1) is 10.1. The fraction of sp³-hybridized carbons (Fsp3) is 0.600. The summed E-state index contributed by atoms with van der Waals surface area (Å²) >= 11 is 0. The smallest absolute Gasteiger partial charge is 0.215 e. The van der Waals surface area contributed by atoms with Gasteiger partial charge >= 0.3 is 0 Å². The monoisotopic (exact) mass is 309 g/mol. The maximum Gasteiger partial charge on any atom is 0.215 e. The summed E-state index contributed by atoms with van der Waals surface area (Å²) in [7, 11) is -3.11. The number of piperazine rings is 1. The molecule has 2 fully saturated rings. The number of anilines is 1. The Bertz CT molecular complexity index is 550. The second kappa shape index (κ2) is 6.34. The number of benzene rings is 1. The van der Waals surface area contributed by atoms with Crippen molar-refractivity contribution in [2.45, 2.75) is 18.9 Å². The molecule has 0 unspecified atom stereocenters. The van der Waals surface area contributed by atoms with Crippen LogP contribution < -0.4 is 10.2 Å². The SMILES string of the molecule is O=S(=O)(CCNC1CC1)N1CCN(c2ccccc2)CC1. The molecule has 1 aliphatic carbocycles. The molecule has 1 aliphatic heterocycles. The van der Waals surface area contributed by atoms with Gasteiger partial charge in [0.2, 0.25) is 10.0 Å². The lowest BCUT2D eigenvalue weighted by Crippen LogP contribution is -2.50. The highest BCUT2D eigenvalue weighted by Gasteiger charge is 2.27. The molecule has 116 valence electrons. The Hall–Kier alpha value is -1.11. The summed E-state index contributed by atoms with van der Waals surface area (Å²) in [5.41, 5.74) is 1.17. The van der Waals surface area contributed by atoms with Gasteiger partial charge in [-0.05, 0) is 25.0 Å². The first-order valence-electron chi connectivity index (χ1n) is 7.66. The quantitative estimate of drug-likeness (QED) is 0.848. The summed E-state index contributed by atoms with van der Waals surface area (Å²) in [5, 5.41) is 3.27. The van der Waals surface area contributed by atoms with Crippen molar-refractivity contribution < 1.29 is 8.42 Å². The number of hydrogen-bond acceptors (Lipinski definition) is 4. The van der Waals surface area contributed by atoms with Gasteiger partial charge in [-0.1, -0.05) is 18.2 Å². The standard InChI is InChI=1S/C15H23N3O2S/c19-21(20,13-8-16-14-6-7-14)18-11-9-17(10-12-18)15-4-2-1-3-5-15/h1-5,14,16H,6-13H2. The van der Waals surface area contributed by atoms with Crippen molar-refractivity contribution in [2.75, 3.05) is 43.4 Å². The summed E-state index contributed by atoms with van der Waals surface area (Å²) in [6, 6.07) is 10.7. The van der Waals surface area contributed by atoms with Crippen LogP contribution in [0.15, 0.2) is 30.3 Å². The normalized spacial score (nSPS) is 20.7. The van der Waals surface area contributed by atoms with Crippen LogP contribution in [-0.2, 0) is 10.0 Å². The Balaban J connectivity index is 1.50. The number of rotatable bonds is 6. The van der Waals surface area contributed by atoms with Crippen LogP contribution in [0.3, 0.4) is 0 Å². The minimum absolute atomic E-state index is 0.217. The second-order valence-electron chi connectivity index (χ2n) is 5.77. The van der Waals surface area contributed by atoms with Crippen LogP contribution in [0.1, 0.15) is 12.8 Å². The van der Waals surface area contributed by atoms with E-state index in [4.69, 9.17) is 0 Å². The van der Waals surface area contributed by atoms with E-state index < -0.39 is 10.0 Å². The van der Waals surface area contributed by atoms with Crippen molar-refractivity contribution >= 4 is 15.7 Å². The van der Waals surface area contributed by atoms with Crippen LogP contribution in [0, 0.1) is 0 Å². The Morgan fingerprint density at radius 1 is 1.05 bits per heavy atom. The third kappa shape index (κ3) is 3.96. The van der Waals surface area contributed by atoms with Crippen molar-refractivity contribution in [3.8, 4) is 0 Å². The van der Waals surface area contributed by atoms with Gasteiger partial charge in [-0.3, -0.25) is 0 Å². The molecule has 0 aromatic heterocycles. The van der Waals surface area contributed by atoms with E-state index in [1.165, 1.54) is 18.5 Å². The van der Waals surface area contributed by atoms with Gasteiger partial charge in [-0.15, -0.1) is 0 Å². The molecule has 6 heteroatoms. The summed E-state index contributed by atoms with van der Waals surface area (Å²) in [6.07, 6.45) is 2.38. The second-order valence-corrected chi connectivity index (χ2v) is 7.85. The Morgan fingerprint density at radius 2 is 1.71 bits per heavy atom. The van der Waals surface area contributed by atoms with Gasteiger partial charge in [0.25, 0.3) is 0 Å². The van der Waals surface area contributed by atoms with Gasteiger partial charge in [0, 0.05) is 44.5 Å². The summed E-state index contributed by atoms with van der Waals surface area (Å²) in [5.74, 6) is 0.217. The molecule has 3 rings (SSSR count). The maximum absolute atomic E-state index is 12.3. The zero-order valence-electron chi connectivity index (χ0n) is 12.2. The van der Waals surface area contributed by atoms with E-state index in [0.29, 0.717) is 25.7 Å². The number of nitrogens with one attached hydrogen (secondary N) is 1. The van der Waals surface area contributed by atoms with Gasteiger partial charge in [0.05, 0.1) is 5.75 Å². The molecule has 0 bridgehead atoms. The topological polar surface area (TPSA) is 52.7 Å². The van der Waals surface area contributed by atoms with Gasteiger partial charge < -0.3 is 10.2 Å². The molecular formula is C15H23N3O2S. The van der Waals surface area contributed by atoms with E-state index in [-0.39, 0.29) is 5.75 Å². The number of sulfonamides is 1. The van der Waals surface area contributed by atoms with E-state index in [0.717, 1.165) is 13.1 Å². The molecule has 1 aromatic rings. The van der Waals surface area contributed by atoms with Crippen molar-refractivity contribution in [3.63, 3.8) is 0 Å². The number of hydrogen-bond donors (Lipinski definition) is 1. The highest BCUT2D eigenvalue weighted by Crippen LogP contribution is 2.19. The molecule has 0 spiro atoms. The maximum atomic E-state index is 12.3. The van der Waals surface area contributed by atoms with E-state index in [1.54, 1.807) is 4.31 Å². The zero-order chi connectivity index (χ0) is 14.7. The molecule has 1 saturated heterocycles. The molecule has 1 N–H and O–H groups in total. The molecule has 0 amide bonds. The Kier molecular flexibility index (Phi) is 4.47. The fourth-order valence-electron chi connectivity index (χ4n) is 2.67.